The Labute approximate surface area is 132 Å². The number of hydrogen-bond donors (Lipinski definition) is 1. The van der Waals surface area contributed by atoms with Gasteiger partial charge in [0.2, 0.25) is 0 Å². The lowest BCUT2D eigenvalue weighted by Gasteiger charge is -2.24. The number of rotatable bonds is 4. The molecular formula is C17H18BrF2N. The Morgan fingerprint density at radius 2 is 1.67 bits per heavy atom. The van der Waals surface area contributed by atoms with Crippen molar-refractivity contribution < 1.29 is 8.78 Å². The fourth-order valence-corrected chi connectivity index (χ4v) is 3.26. The minimum atomic E-state index is -0.284. The normalized spacial score (nSPS) is 12.5. The van der Waals surface area contributed by atoms with Gasteiger partial charge in [0.05, 0.1) is 6.04 Å². The van der Waals surface area contributed by atoms with Crippen LogP contribution >= 0.6 is 15.9 Å². The van der Waals surface area contributed by atoms with Gasteiger partial charge in [-0.1, -0.05) is 28.9 Å². The topological polar surface area (TPSA) is 12.0 Å². The second-order valence-corrected chi connectivity index (χ2v) is 5.96. The molecule has 0 saturated heterocycles. The van der Waals surface area contributed by atoms with E-state index in [0.29, 0.717) is 4.47 Å². The van der Waals surface area contributed by atoms with Crippen molar-refractivity contribution in [3.63, 3.8) is 0 Å². The van der Waals surface area contributed by atoms with Crippen molar-refractivity contribution in [1.82, 2.24) is 5.32 Å². The molecule has 2 rings (SSSR count). The summed E-state index contributed by atoms with van der Waals surface area (Å²) in [6.07, 6.45) is 0. The van der Waals surface area contributed by atoms with Crippen LogP contribution in [0.3, 0.4) is 0 Å². The minimum Gasteiger partial charge on any atom is -0.306 e. The molecule has 0 saturated carbocycles. The van der Waals surface area contributed by atoms with Gasteiger partial charge in [-0.3, -0.25) is 0 Å². The lowest BCUT2D eigenvalue weighted by Crippen LogP contribution is -2.24. The number of hydrogen-bond acceptors (Lipinski definition) is 1. The third-order valence-electron chi connectivity index (χ3n) is 3.53. The molecule has 0 aliphatic heterocycles. The van der Waals surface area contributed by atoms with E-state index in [9.17, 15) is 8.78 Å². The highest BCUT2D eigenvalue weighted by Gasteiger charge is 2.20. The largest absolute Gasteiger partial charge is 0.306 e. The van der Waals surface area contributed by atoms with Crippen molar-refractivity contribution in [3.05, 3.63) is 68.7 Å². The van der Waals surface area contributed by atoms with Gasteiger partial charge < -0.3 is 5.32 Å². The van der Waals surface area contributed by atoms with E-state index in [0.717, 1.165) is 28.8 Å². The molecule has 21 heavy (non-hydrogen) atoms. The Hall–Kier alpha value is -1.26. The van der Waals surface area contributed by atoms with Crippen LogP contribution in [0, 0.1) is 25.5 Å². The first-order valence-electron chi connectivity index (χ1n) is 6.89. The molecule has 112 valence electrons. The monoisotopic (exact) mass is 353 g/mol. The molecule has 0 radical (unpaired) electrons. The van der Waals surface area contributed by atoms with Crippen LogP contribution < -0.4 is 5.32 Å². The van der Waals surface area contributed by atoms with E-state index in [-0.39, 0.29) is 17.7 Å². The van der Waals surface area contributed by atoms with Gasteiger partial charge in [0.15, 0.2) is 0 Å². The molecule has 0 bridgehead atoms. The average molecular weight is 354 g/mol. The zero-order valence-electron chi connectivity index (χ0n) is 12.3. The van der Waals surface area contributed by atoms with Crippen LogP contribution in [0.2, 0.25) is 0 Å². The number of benzene rings is 2. The molecule has 2 aromatic rings. The molecule has 0 fully saturated rings. The molecule has 0 aliphatic rings. The van der Waals surface area contributed by atoms with Crippen LogP contribution in [-0.2, 0) is 0 Å². The summed E-state index contributed by atoms with van der Waals surface area (Å²) in [5, 5.41) is 3.40. The first kappa shape index (κ1) is 16.1. The standard InChI is InChI=1S/C17H18BrF2N/c1-4-21-17(14-6-5-12(19)9-15(14)18)16-10(2)7-13(20)8-11(16)3/h5-9,17,21H,4H2,1-3H3. The van der Waals surface area contributed by atoms with Crippen LogP contribution in [0.4, 0.5) is 8.78 Å². The van der Waals surface area contributed by atoms with Crippen LogP contribution in [0.25, 0.3) is 0 Å². The lowest BCUT2D eigenvalue weighted by molar-refractivity contribution is 0.599. The van der Waals surface area contributed by atoms with Gasteiger partial charge in [-0.25, -0.2) is 8.78 Å². The molecule has 0 aliphatic carbocycles. The van der Waals surface area contributed by atoms with Crippen molar-refractivity contribution in [1.29, 1.82) is 0 Å². The van der Waals surface area contributed by atoms with Crippen LogP contribution in [-0.4, -0.2) is 6.54 Å². The Kier molecular flexibility index (Phi) is 5.12. The van der Waals surface area contributed by atoms with Gasteiger partial charge in [0.1, 0.15) is 11.6 Å². The highest BCUT2D eigenvalue weighted by molar-refractivity contribution is 9.10. The molecular weight excluding hydrogens is 336 g/mol. The molecule has 4 heteroatoms. The van der Waals surface area contributed by atoms with Crippen molar-refractivity contribution in [2.24, 2.45) is 0 Å². The maximum Gasteiger partial charge on any atom is 0.124 e. The highest BCUT2D eigenvalue weighted by atomic mass is 79.9. The summed E-state index contributed by atoms with van der Waals surface area (Å²) in [6.45, 7) is 6.56. The summed E-state index contributed by atoms with van der Waals surface area (Å²) >= 11 is 3.42. The fraction of sp³-hybridized carbons (Fsp3) is 0.294. The van der Waals surface area contributed by atoms with Gasteiger partial charge in [0.25, 0.3) is 0 Å². The van der Waals surface area contributed by atoms with E-state index in [4.69, 9.17) is 0 Å². The molecule has 0 spiro atoms. The molecule has 1 N–H and O–H groups in total. The molecule has 0 amide bonds. The first-order chi connectivity index (χ1) is 9.93. The van der Waals surface area contributed by atoms with E-state index >= 15 is 0 Å². The van der Waals surface area contributed by atoms with Crippen molar-refractivity contribution in [3.8, 4) is 0 Å². The minimum absolute atomic E-state index is 0.106. The second kappa shape index (κ2) is 6.67. The van der Waals surface area contributed by atoms with Gasteiger partial charge in [-0.2, -0.15) is 0 Å². The second-order valence-electron chi connectivity index (χ2n) is 5.11. The van der Waals surface area contributed by atoms with Crippen molar-refractivity contribution in [2.75, 3.05) is 6.54 Å². The van der Waals surface area contributed by atoms with Gasteiger partial charge in [-0.05, 0) is 66.9 Å². The predicted octanol–water partition coefficient (Wildman–Crippen LogP) is 5.04. The Morgan fingerprint density at radius 3 is 2.19 bits per heavy atom. The molecule has 0 aromatic heterocycles. The van der Waals surface area contributed by atoms with Crippen LogP contribution in [0.5, 0.6) is 0 Å². The third-order valence-corrected chi connectivity index (χ3v) is 4.22. The van der Waals surface area contributed by atoms with E-state index in [1.165, 1.54) is 24.3 Å². The van der Waals surface area contributed by atoms with Crippen LogP contribution in [0.1, 0.15) is 35.2 Å². The Balaban J connectivity index is 2.59. The molecule has 1 unspecified atom stereocenters. The molecule has 1 nitrogen and oxygen atoms in total. The molecule has 1 atom stereocenters. The Bertz CT molecular complexity index is 632. The zero-order valence-corrected chi connectivity index (χ0v) is 13.9. The predicted molar refractivity (Wildman–Crippen MR) is 85.5 cm³/mol. The summed E-state index contributed by atoms with van der Waals surface area (Å²) in [4.78, 5) is 0. The van der Waals surface area contributed by atoms with E-state index in [1.54, 1.807) is 6.07 Å². The van der Waals surface area contributed by atoms with E-state index < -0.39 is 0 Å². The highest BCUT2D eigenvalue weighted by Crippen LogP contribution is 2.33. The van der Waals surface area contributed by atoms with Crippen molar-refractivity contribution in [2.45, 2.75) is 26.8 Å². The summed E-state index contributed by atoms with van der Waals surface area (Å²) in [6, 6.07) is 7.61. The summed E-state index contributed by atoms with van der Waals surface area (Å²) < 4.78 is 27.5. The molecule has 2 aromatic carbocycles. The smallest absolute Gasteiger partial charge is 0.124 e. The van der Waals surface area contributed by atoms with Crippen molar-refractivity contribution >= 4 is 15.9 Å². The van der Waals surface area contributed by atoms with E-state index in [2.05, 4.69) is 21.2 Å². The number of aryl methyl sites for hydroxylation is 2. The van der Waals surface area contributed by atoms with Gasteiger partial charge in [-0.15, -0.1) is 0 Å². The Morgan fingerprint density at radius 1 is 1.05 bits per heavy atom. The summed E-state index contributed by atoms with van der Waals surface area (Å²) in [5.74, 6) is -0.518. The fourth-order valence-electron chi connectivity index (χ4n) is 2.68. The molecule has 0 heterocycles. The van der Waals surface area contributed by atoms with E-state index in [1.807, 2.05) is 20.8 Å². The summed E-state index contributed by atoms with van der Waals surface area (Å²) in [5.41, 5.74) is 3.74. The van der Waals surface area contributed by atoms with Crippen LogP contribution in [0.15, 0.2) is 34.8 Å². The maximum atomic E-state index is 13.5. The SMILES string of the molecule is CCNC(c1ccc(F)cc1Br)c1c(C)cc(F)cc1C. The maximum absolute atomic E-state index is 13.5. The van der Waals surface area contributed by atoms with Gasteiger partial charge in [0, 0.05) is 4.47 Å². The quantitative estimate of drug-likeness (QED) is 0.811. The zero-order chi connectivity index (χ0) is 15.6. The summed E-state index contributed by atoms with van der Waals surface area (Å²) in [7, 11) is 0. The third kappa shape index (κ3) is 3.50. The lowest BCUT2D eigenvalue weighted by atomic mass is 9.91. The number of halogens is 3. The first-order valence-corrected chi connectivity index (χ1v) is 7.68. The number of nitrogens with one attached hydrogen (secondary N) is 1. The average Bonchev–Trinajstić information content (AvgIpc) is 2.37. The van der Waals surface area contributed by atoms with Gasteiger partial charge >= 0.3 is 0 Å².